The van der Waals surface area contributed by atoms with Gasteiger partial charge in [-0.1, -0.05) is 60.7 Å². The maximum absolute atomic E-state index is 11.7. The van der Waals surface area contributed by atoms with Crippen molar-refractivity contribution in [2.24, 2.45) is 0 Å². The monoisotopic (exact) mass is 284 g/mol. The molecule has 0 amide bonds. The Hall–Kier alpha value is -2.62. The highest BCUT2D eigenvalue weighted by Gasteiger charge is 2.41. The second-order valence-electron chi connectivity index (χ2n) is 4.84. The van der Waals surface area contributed by atoms with E-state index in [1.807, 2.05) is 60.7 Å². The van der Waals surface area contributed by atoms with E-state index < -0.39 is 11.6 Å². The molecule has 21 heavy (non-hydrogen) atoms. The van der Waals surface area contributed by atoms with Gasteiger partial charge in [-0.15, -0.1) is 0 Å². The fourth-order valence-corrected chi connectivity index (χ4v) is 2.29. The van der Waals surface area contributed by atoms with Gasteiger partial charge in [0.2, 0.25) is 5.60 Å². The number of hydrogen-bond donors (Lipinski definition) is 1. The molecule has 0 bridgehead atoms. The van der Waals surface area contributed by atoms with Crippen molar-refractivity contribution in [3.05, 3.63) is 71.8 Å². The molecule has 0 aliphatic carbocycles. The highest BCUT2D eigenvalue weighted by atomic mass is 16.6. The summed E-state index contributed by atoms with van der Waals surface area (Å²) >= 11 is 0. The van der Waals surface area contributed by atoms with Gasteiger partial charge < -0.3 is 9.84 Å². The molecular weight excluding hydrogens is 268 g/mol. The Bertz CT molecular complexity index is 551. The van der Waals surface area contributed by atoms with Crippen LogP contribution < -0.4 is 0 Å². The molecule has 0 aliphatic rings. The predicted octanol–water partition coefficient (Wildman–Crippen LogP) is 2.47. The van der Waals surface area contributed by atoms with E-state index in [0.29, 0.717) is 0 Å². The molecule has 2 aromatic carbocycles. The van der Waals surface area contributed by atoms with Crippen molar-refractivity contribution in [1.29, 1.82) is 0 Å². The molecule has 0 fully saturated rings. The number of carboxylic acids is 1. The molecule has 0 saturated carbocycles. The van der Waals surface area contributed by atoms with E-state index in [2.05, 4.69) is 0 Å². The van der Waals surface area contributed by atoms with Crippen LogP contribution in [0.5, 0.6) is 0 Å². The van der Waals surface area contributed by atoms with Gasteiger partial charge in [-0.2, -0.15) is 0 Å². The SMILES string of the molecule is O=COC(Cc1ccccc1)(Cc1ccccc1)C(=O)O. The van der Waals surface area contributed by atoms with Gasteiger partial charge in [0, 0.05) is 12.8 Å². The molecule has 0 heterocycles. The van der Waals surface area contributed by atoms with Gasteiger partial charge in [0.15, 0.2) is 0 Å². The first-order valence-electron chi connectivity index (χ1n) is 6.59. The van der Waals surface area contributed by atoms with Crippen LogP contribution in [0.2, 0.25) is 0 Å². The van der Waals surface area contributed by atoms with Crippen LogP contribution in [0.15, 0.2) is 60.7 Å². The molecule has 2 rings (SSSR count). The first-order valence-corrected chi connectivity index (χ1v) is 6.59. The molecule has 2 aromatic rings. The van der Waals surface area contributed by atoms with Crippen molar-refractivity contribution in [1.82, 2.24) is 0 Å². The van der Waals surface area contributed by atoms with Gasteiger partial charge in [-0.25, -0.2) is 4.79 Å². The normalized spacial score (nSPS) is 10.9. The van der Waals surface area contributed by atoms with Crippen LogP contribution in [0.3, 0.4) is 0 Å². The summed E-state index contributed by atoms with van der Waals surface area (Å²) in [6.45, 7) is 0.208. The largest absolute Gasteiger partial charge is 0.478 e. The molecule has 0 atom stereocenters. The quantitative estimate of drug-likeness (QED) is 0.793. The lowest BCUT2D eigenvalue weighted by atomic mass is 9.88. The topological polar surface area (TPSA) is 63.6 Å². The van der Waals surface area contributed by atoms with Crippen molar-refractivity contribution in [3.8, 4) is 0 Å². The van der Waals surface area contributed by atoms with Crippen LogP contribution >= 0.6 is 0 Å². The Morgan fingerprint density at radius 2 is 1.38 bits per heavy atom. The number of benzene rings is 2. The molecule has 1 N–H and O–H groups in total. The smallest absolute Gasteiger partial charge is 0.348 e. The fraction of sp³-hybridized carbons (Fsp3) is 0.176. The fourth-order valence-electron chi connectivity index (χ4n) is 2.29. The minimum atomic E-state index is -1.59. The molecule has 4 nitrogen and oxygen atoms in total. The summed E-state index contributed by atoms with van der Waals surface area (Å²) in [7, 11) is 0. The van der Waals surface area contributed by atoms with Crippen LogP contribution in [0.1, 0.15) is 11.1 Å². The molecule has 0 radical (unpaired) electrons. The zero-order chi connectivity index (χ0) is 15.1. The average molecular weight is 284 g/mol. The third-order valence-electron chi connectivity index (χ3n) is 3.33. The maximum Gasteiger partial charge on any atom is 0.348 e. The number of carbonyl (C=O) groups is 2. The number of hydrogen-bond acceptors (Lipinski definition) is 3. The van der Waals surface area contributed by atoms with E-state index in [1.54, 1.807) is 0 Å². The molecule has 108 valence electrons. The van der Waals surface area contributed by atoms with E-state index in [1.165, 1.54) is 0 Å². The lowest BCUT2D eigenvalue weighted by Crippen LogP contribution is -2.45. The van der Waals surface area contributed by atoms with E-state index in [0.717, 1.165) is 11.1 Å². The standard InChI is InChI=1S/C17H16O4/c18-13-21-17(16(19)20,11-14-7-3-1-4-8-14)12-15-9-5-2-6-10-15/h1-10,13H,11-12H2,(H,19,20). The van der Waals surface area contributed by atoms with Crippen molar-refractivity contribution in [2.45, 2.75) is 18.4 Å². The number of aliphatic carboxylic acids is 1. The zero-order valence-corrected chi connectivity index (χ0v) is 11.4. The molecule has 4 heteroatoms. The predicted molar refractivity (Wildman–Crippen MR) is 77.8 cm³/mol. The third kappa shape index (κ3) is 3.69. The van der Waals surface area contributed by atoms with E-state index >= 15 is 0 Å². The van der Waals surface area contributed by atoms with E-state index in [4.69, 9.17) is 4.74 Å². The Kier molecular flexibility index (Phi) is 4.72. The summed E-state index contributed by atoms with van der Waals surface area (Å²) in [6, 6.07) is 18.3. The molecular formula is C17H16O4. The Morgan fingerprint density at radius 1 is 0.952 bits per heavy atom. The van der Waals surface area contributed by atoms with E-state index in [9.17, 15) is 14.7 Å². The lowest BCUT2D eigenvalue weighted by Gasteiger charge is -2.27. The number of ether oxygens (including phenoxy) is 1. The van der Waals surface area contributed by atoms with E-state index in [-0.39, 0.29) is 19.3 Å². The van der Waals surface area contributed by atoms with Crippen LogP contribution in [0.25, 0.3) is 0 Å². The van der Waals surface area contributed by atoms with Crippen LogP contribution in [0, 0.1) is 0 Å². The first-order chi connectivity index (χ1) is 10.2. The minimum Gasteiger partial charge on any atom is -0.478 e. The summed E-state index contributed by atoms with van der Waals surface area (Å²) in [5.41, 5.74) is 0.0140. The maximum atomic E-state index is 11.7. The van der Waals surface area contributed by atoms with Gasteiger partial charge >= 0.3 is 5.97 Å². The number of carbonyl (C=O) groups excluding carboxylic acids is 1. The molecule has 0 spiro atoms. The van der Waals surface area contributed by atoms with Crippen molar-refractivity contribution >= 4 is 12.4 Å². The highest BCUT2D eigenvalue weighted by molar-refractivity contribution is 5.80. The number of carboxylic acid groups (broad SMARTS) is 1. The Morgan fingerprint density at radius 3 is 1.71 bits per heavy atom. The lowest BCUT2D eigenvalue weighted by molar-refractivity contribution is -0.170. The van der Waals surface area contributed by atoms with Crippen LogP contribution in [-0.2, 0) is 27.2 Å². The minimum absolute atomic E-state index is 0.122. The second kappa shape index (κ2) is 6.70. The van der Waals surface area contributed by atoms with Gasteiger partial charge in [0.25, 0.3) is 6.47 Å². The summed E-state index contributed by atoms with van der Waals surface area (Å²) in [4.78, 5) is 22.6. The van der Waals surface area contributed by atoms with Gasteiger partial charge in [0.1, 0.15) is 0 Å². The average Bonchev–Trinajstić information content (AvgIpc) is 2.49. The second-order valence-corrected chi connectivity index (χ2v) is 4.84. The third-order valence-corrected chi connectivity index (χ3v) is 3.33. The van der Waals surface area contributed by atoms with Crippen molar-refractivity contribution in [2.75, 3.05) is 0 Å². The summed E-state index contributed by atoms with van der Waals surface area (Å²) in [5.74, 6) is -1.15. The molecule has 0 saturated heterocycles. The van der Waals surface area contributed by atoms with Crippen molar-refractivity contribution < 1.29 is 19.4 Å². The highest BCUT2D eigenvalue weighted by Crippen LogP contribution is 2.23. The number of rotatable bonds is 7. The molecule has 0 unspecified atom stereocenters. The van der Waals surface area contributed by atoms with Crippen LogP contribution in [0.4, 0.5) is 0 Å². The summed E-state index contributed by atoms with van der Waals surface area (Å²) in [6.07, 6.45) is 0.244. The molecule has 0 aromatic heterocycles. The Balaban J connectivity index is 2.33. The Labute approximate surface area is 123 Å². The first kappa shape index (κ1) is 14.8. The van der Waals surface area contributed by atoms with Crippen molar-refractivity contribution in [3.63, 3.8) is 0 Å². The zero-order valence-electron chi connectivity index (χ0n) is 11.4. The van der Waals surface area contributed by atoms with Gasteiger partial charge in [0.05, 0.1) is 0 Å². The van der Waals surface area contributed by atoms with Crippen LogP contribution in [-0.4, -0.2) is 23.1 Å². The summed E-state index contributed by atoms with van der Waals surface area (Å²) in [5, 5.41) is 9.59. The molecule has 0 aliphatic heterocycles. The van der Waals surface area contributed by atoms with Gasteiger partial charge in [-0.05, 0) is 11.1 Å². The van der Waals surface area contributed by atoms with Gasteiger partial charge in [-0.3, -0.25) is 4.79 Å². The summed E-state index contributed by atoms with van der Waals surface area (Å²) < 4.78 is 5.02.